The van der Waals surface area contributed by atoms with Gasteiger partial charge in [0.15, 0.2) is 0 Å². The van der Waals surface area contributed by atoms with Crippen LogP contribution >= 0.6 is 0 Å². The molecule has 0 aliphatic rings. The lowest BCUT2D eigenvalue weighted by molar-refractivity contribution is 0.0941. The Labute approximate surface area is 144 Å². The van der Waals surface area contributed by atoms with Crippen molar-refractivity contribution in [2.45, 2.75) is 19.9 Å². The van der Waals surface area contributed by atoms with Crippen LogP contribution in [0.5, 0.6) is 5.75 Å². The van der Waals surface area contributed by atoms with E-state index in [0.717, 1.165) is 22.4 Å². The molecular formula is C20H26N2O2. The van der Waals surface area contributed by atoms with Crippen LogP contribution in [0.1, 0.15) is 33.1 Å². The van der Waals surface area contributed by atoms with E-state index in [1.807, 2.05) is 64.3 Å². The third-order valence-corrected chi connectivity index (χ3v) is 4.06. The quantitative estimate of drug-likeness (QED) is 0.885. The van der Waals surface area contributed by atoms with E-state index in [4.69, 9.17) is 4.74 Å². The maximum Gasteiger partial charge on any atom is 0.251 e. The van der Waals surface area contributed by atoms with Gasteiger partial charge in [0.2, 0.25) is 0 Å². The first-order valence-corrected chi connectivity index (χ1v) is 8.07. The van der Waals surface area contributed by atoms with Crippen LogP contribution in [0.3, 0.4) is 0 Å². The number of methoxy groups -OCH3 is 1. The molecule has 1 N–H and O–H groups in total. The van der Waals surface area contributed by atoms with Crippen molar-refractivity contribution in [3.63, 3.8) is 0 Å². The molecule has 0 spiro atoms. The molecule has 2 aromatic rings. The number of ether oxygens (including phenoxy) is 1. The minimum Gasteiger partial charge on any atom is -0.497 e. The highest BCUT2D eigenvalue weighted by atomic mass is 16.5. The van der Waals surface area contributed by atoms with Crippen molar-refractivity contribution in [3.05, 3.63) is 64.7 Å². The molecule has 2 rings (SSSR count). The SMILES string of the molecule is COc1ccc(C(CNC(=O)c2cc(C)cc(C)c2)N(C)C)cc1. The van der Waals surface area contributed by atoms with Gasteiger partial charge in [0.05, 0.1) is 13.2 Å². The number of hydrogen-bond donors (Lipinski definition) is 1. The first kappa shape index (κ1) is 18.0. The summed E-state index contributed by atoms with van der Waals surface area (Å²) in [6.45, 7) is 4.55. The molecule has 0 aliphatic carbocycles. The maximum atomic E-state index is 12.5. The van der Waals surface area contributed by atoms with E-state index in [1.165, 1.54) is 0 Å². The Morgan fingerprint density at radius 2 is 1.67 bits per heavy atom. The van der Waals surface area contributed by atoms with Gasteiger partial charge in [-0.2, -0.15) is 0 Å². The summed E-state index contributed by atoms with van der Waals surface area (Å²) in [7, 11) is 5.68. The van der Waals surface area contributed by atoms with Crippen LogP contribution in [0, 0.1) is 13.8 Å². The van der Waals surface area contributed by atoms with Gasteiger partial charge in [-0.15, -0.1) is 0 Å². The van der Waals surface area contributed by atoms with Gasteiger partial charge in [-0.1, -0.05) is 29.3 Å². The van der Waals surface area contributed by atoms with Crippen LogP contribution in [0.25, 0.3) is 0 Å². The van der Waals surface area contributed by atoms with Gasteiger partial charge in [-0.3, -0.25) is 4.79 Å². The molecule has 0 radical (unpaired) electrons. The highest BCUT2D eigenvalue weighted by molar-refractivity contribution is 5.94. The summed E-state index contributed by atoms with van der Waals surface area (Å²) < 4.78 is 5.20. The Hall–Kier alpha value is -2.33. The van der Waals surface area contributed by atoms with Crippen LogP contribution in [0.15, 0.2) is 42.5 Å². The largest absolute Gasteiger partial charge is 0.497 e. The van der Waals surface area contributed by atoms with Crippen molar-refractivity contribution in [3.8, 4) is 5.75 Å². The normalized spacial score (nSPS) is 12.1. The molecule has 4 heteroatoms. The number of benzene rings is 2. The molecule has 24 heavy (non-hydrogen) atoms. The monoisotopic (exact) mass is 326 g/mol. The number of carbonyl (C=O) groups excluding carboxylic acids is 1. The first-order valence-electron chi connectivity index (χ1n) is 8.07. The highest BCUT2D eigenvalue weighted by Crippen LogP contribution is 2.21. The van der Waals surface area contributed by atoms with Gasteiger partial charge in [-0.25, -0.2) is 0 Å². The zero-order valence-electron chi connectivity index (χ0n) is 15.1. The summed E-state index contributed by atoms with van der Waals surface area (Å²) in [5.74, 6) is 0.790. The Morgan fingerprint density at radius 1 is 1.08 bits per heavy atom. The summed E-state index contributed by atoms with van der Waals surface area (Å²) in [6.07, 6.45) is 0. The Morgan fingerprint density at radius 3 is 2.17 bits per heavy atom. The first-order chi connectivity index (χ1) is 11.4. The van der Waals surface area contributed by atoms with E-state index in [9.17, 15) is 4.79 Å². The molecular weight excluding hydrogens is 300 g/mol. The van der Waals surface area contributed by atoms with Gasteiger partial charge >= 0.3 is 0 Å². The van der Waals surface area contributed by atoms with E-state index in [2.05, 4.69) is 16.3 Å². The van der Waals surface area contributed by atoms with Crippen molar-refractivity contribution in [2.24, 2.45) is 0 Å². The minimum atomic E-state index is -0.0397. The van der Waals surface area contributed by atoms with Gasteiger partial charge in [0.1, 0.15) is 5.75 Å². The number of hydrogen-bond acceptors (Lipinski definition) is 3. The zero-order valence-corrected chi connectivity index (χ0v) is 15.1. The number of nitrogens with zero attached hydrogens (tertiary/aromatic N) is 1. The second-order valence-electron chi connectivity index (χ2n) is 6.34. The predicted octanol–water partition coefficient (Wildman–Crippen LogP) is 3.34. The summed E-state index contributed by atoms with van der Waals surface area (Å²) in [5, 5.41) is 3.05. The standard InChI is InChI=1S/C20H26N2O2/c1-14-10-15(2)12-17(11-14)20(23)21-13-19(22(3)4)16-6-8-18(24-5)9-7-16/h6-12,19H,13H2,1-5H3,(H,21,23). The van der Waals surface area contributed by atoms with Crippen molar-refractivity contribution >= 4 is 5.91 Å². The van der Waals surface area contributed by atoms with Crippen LogP contribution in [-0.2, 0) is 0 Å². The minimum absolute atomic E-state index is 0.0397. The van der Waals surface area contributed by atoms with E-state index in [0.29, 0.717) is 12.1 Å². The fraction of sp³-hybridized carbons (Fsp3) is 0.350. The van der Waals surface area contributed by atoms with E-state index < -0.39 is 0 Å². The molecule has 0 aromatic heterocycles. The molecule has 4 nitrogen and oxygen atoms in total. The Kier molecular flexibility index (Phi) is 5.99. The molecule has 0 saturated heterocycles. The average Bonchev–Trinajstić information content (AvgIpc) is 2.54. The molecule has 2 aromatic carbocycles. The lowest BCUT2D eigenvalue weighted by Gasteiger charge is -2.25. The average molecular weight is 326 g/mol. The van der Waals surface area contributed by atoms with Crippen molar-refractivity contribution < 1.29 is 9.53 Å². The second kappa shape index (κ2) is 7.97. The van der Waals surface area contributed by atoms with E-state index >= 15 is 0 Å². The fourth-order valence-electron chi connectivity index (χ4n) is 2.82. The third kappa shape index (κ3) is 4.59. The molecule has 0 aliphatic heterocycles. The molecule has 0 bridgehead atoms. The number of aryl methyl sites for hydroxylation is 2. The molecule has 0 fully saturated rings. The summed E-state index contributed by atoms with van der Waals surface area (Å²) in [5.41, 5.74) is 4.04. The van der Waals surface area contributed by atoms with Crippen LogP contribution < -0.4 is 10.1 Å². The van der Waals surface area contributed by atoms with E-state index in [-0.39, 0.29) is 11.9 Å². The molecule has 1 atom stereocenters. The number of amides is 1. The third-order valence-electron chi connectivity index (χ3n) is 4.06. The van der Waals surface area contributed by atoms with E-state index in [1.54, 1.807) is 7.11 Å². The maximum absolute atomic E-state index is 12.5. The van der Waals surface area contributed by atoms with Gasteiger partial charge in [0, 0.05) is 12.1 Å². The van der Waals surface area contributed by atoms with Crippen LogP contribution in [0.4, 0.5) is 0 Å². The molecule has 0 heterocycles. The topological polar surface area (TPSA) is 41.6 Å². The van der Waals surface area contributed by atoms with Crippen LogP contribution in [0.2, 0.25) is 0 Å². The summed E-state index contributed by atoms with van der Waals surface area (Å²) >= 11 is 0. The molecule has 0 saturated carbocycles. The van der Waals surface area contributed by atoms with Crippen LogP contribution in [-0.4, -0.2) is 38.6 Å². The smallest absolute Gasteiger partial charge is 0.251 e. The Bertz CT molecular complexity index is 673. The molecule has 128 valence electrons. The summed E-state index contributed by atoms with van der Waals surface area (Å²) in [6, 6.07) is 14.0. The van der Waals surface area contributed by atoms with Crippen molar-refractivity contribution in [2.75, 3.05) is 27.7 Å². The summed E-state index contributed by atoms with van der Waals surface area (Å²) in [4.78, 5) is 14.6. The van der Waals surface area contributed by atoms with Crippen molar-refractivity contribution in [1.29, 1.82) is 0 Å². The molecule has 1 amide bonds. The van der Waals surface area contributed by atoms with Gasteiger partial charge < -0.3 is 15.0 Å². The Balaban J connectivity index is 2.09. The predicted molar refractivity (Wildman–Crippen MR) is 97.7 cm³/mol. The second-order valence-corrected chi connectivity index (χ2v) is 6.34. The zero-order chi connectivity index (χ0) is 17.7. The fourth-order valence-corrected chi connectivity index (χ4v) is 2.82. The highest BCUT2D eigenvalue weighted by Gasteiger charge is 2.16. The lowest BCUT2D eigenvalue weighted by atomic mass is 10.0. The van der Waals surface area contributed by atoms with Gasteiger partial charge in [-0.05, 0) is 57.8 Å². The number of carbonyl (C=O) groups is 1. The van der Waals surface area contributed by atoms with Gasteiger partial charge in [0.25, 0.3) is 5.91 Å². The number of likely N-dealkylation sites (N-methyl/N-ethyl adjacent to an activating group) is 1. The number of rotatable bonds is 6. The lowest BCUT2D eigenvalue weighted by Crippen LogP contribution is -2.34. The van der Waals surface area contributed by atoms with Crippen molar-refractivity contribution in [1.82, 2.24) is 10.2 Å². The number of nitrogens with one attached hydrogen (secondary N) is 1. The molecule has 1 unspecified atom stereocenters.